The lowest BCUT2D eigenvalue weighted by atomic mass is 9.86. The fraction of sp³-hybridized carbons (Fsp3) is 0.474. The standard InChI is InChI=1S/C19H26N4O/c1-14-13-17(22-18(20-14)23-9-11-24-12-10-23)21-16-8-6-5-7-15(16)19(2,3)4/h5-8,13H,9-12H2,1-4H3,(H,20,21,22). The van der Waals surface area contributed by atoms with Gasteiger partial charge in [-0.3, -0.25) is 0 Å². The second kappa shape index (κ2) is 6.77. The first kappa shape index (κ1) is 16.7. The van der Waals surface area contributed by atoms with Crippen LogP contribution < -0.4 is 10.2 Å². The zero-order chi connectivity index (χ0) is 17.2. The topological polar surface area (TPSA) is 50.3 Å². The summed E-state index contributed by atoms with van der Waals surface area (Å²) < 4.78 is 5.42. The lowest BCUT2D eigenvalue weighted by molar-refractivity contribution is 0.122. The van der Waals surface area contributed by atoms with Crippen LogP contribution in [0.2, 0.25) is 0 Å². The van der Waals surface area contributed by atoms with E-state index in [2.05, 4.69) is 60.2 Å². The maximum absolute atomic E-state index is 5.42. The molecule has 1 aromatic heterocycles. The molecule has 0 saturated carbocycles. The second-order valence-electron chi connectivity index (χ2n) is 7.21. The highest BCUT2D eigenvalue weighted by Crippen LogP contribution is 2.31. The summed E-state index contributed by atoms with van der Waals surface area (Å²) in [6, 6.07) is 10.4. The number of morpholine rings is 1. The number of nitrogens with zero attached hydrogens (tertiary/aromatic N) is 3. The van der Waals surface area contributed by atoms with Gasteiger partial charge in [-0.25, -0.2) is 4.98 Å². The Bertz CT molecular complexity index is 703. The van der Waals surface area contributed by atoms with Crippen molar-refractivity contribution < 1.29 is 4.74 Å². The SMILES string of the molecule is Cc1cc(Nc2ccccc2C(C)(C)C)nc(N2CCOCC2)n1. The average molecular weight is 326 g/mol. The number of hydrogen-bond acceptors (Lipinski definition) is 5. The van der Waals surface area contributed by atoms with Crippen molar-refractivity contribution in [1.29, 1.82) is 0 Å². The van der Waals surface area contributed by atoms with Crippen molar-refractivity contribution in [3.05, 3.63) is 41.6 Å². The predicted octanol–water partition coefficient (Wildman–Crippen LogP) is 3.66. The van der Waals surface area contributed by atoms with Crippen molar-refractivity contribution in [3.8, 4) is 0 Å². The number of aromatic nitrogens is 2. The first-order chi connectivity index (χ1) is 11.4. The second-order valence-corrected chi connectivity index (χ2v) is 7.21. The minimum atomic E-state index is 0.0682. The van der Waals surface area contributed by atoms with Crippen LogP contribution in [-0.4, -0.2) is 36.3 Å². The maximum atomic E-state index is 5.42. The third-order valence-corrected chi connectivity index (χ3v) is 4.13. The molecule has 1 fully saturated rings. The molecule has 0 unspecified atom stereocenters. The summed E-state index contributed by atoms with van der Waals surface area (Å²) in [5.41, 5.74) is 3.39. The summed E-state index contributed by atoms with van der Waals surface area (Å²) in [4.78, 5) is 11.5. The number of hydrogen-bond donors (Lipinski definition) is 1. The molecule has 5 nitrogen and oxygen atoms in total. The fourth-order valence-corrected chi connectivity index (χ4v) is 2.91. The molecule has 0 amide bonds. The van der Waals surface area contributed by atoms with Gasteiger partial charge in [0.25, 0.3) is 0 Å². The lowest BCUT2D eigenvalue weighted by Gasteiger charge is -2.27. The predicted molar refractivity (Wildman–Crippen MR) is 98.2 cm³/mol. The largest absolute Gasteiger partial charge is 0.378 e. The van der Waals surface area contributed by atoms with E-state index in [0.717, 1.165) is 49.5 Å². The molecule has 0 aliphatic carbocycles. The van der Waals surface area contributed by atoms with Gasteiger partial charge >= 0.3 is 0 Å². The van der Waals surface area contributed by atoms with E-state index in [0.29, 0.717) is 0 Å². The first-order valence-corrected chi connectivity index (χ1v) is 8.48. The Morgan fingerprint density at radius 1 is 1.08 bits per heavy atom. The third kappa shape index (κ3) is 3.85. The third-order valence-electron chi connectivity index (χ3n) is 4.13. The summed E-state index contributed by atoms with van der Waals surface area (Å²) in [7, 11) is 0. The van der Waals surface area contributed by atoms with E-state index in [1.807, 2.05) is 13.0 Å². The van der Waals surface area contributed by atoms with Crippen molar-refractivity contribution in [2.45, 2.75) is 33.1 Å². The molecule has 0 spiro atoms. The fourth-order valence-electron chi connectivity index (χ4n) is 2.91. The highest BCUT2D eigenvalue weighted by Gasteiger charge is 2.19. The maximum Gasteiger partial charge on any atom is 0.227 e. The van der Waals surface area contributed by atoms with Gasteiger partial charge in [0.05, 0.1) is 13.2 Å². The number of anilines is 3. The van der Waals surface area contributed by atoms with E-state index in [-0.39, 0.29) is 5.41 Å². The summed E-state index contributed by atoms with van der Waals surface area (Å²) in [5, 5.41) is 3.49. The smallest absolute Gasteiger partial charge is 0.227 e. The number of para-hydroxylation sites is 1. The molecule has 1 saturated heterocycles. The van der Waals surface area contributed by atoms with E-state index >= 15 is 0 Å². The van der Waals surface area contributed by atoms with Gasteiger partial charge in [0.1, 0.15) is 5.82 Å². The summed E-state index contributed by atoms with van der Waals surface area (Å²) in [6.07, 6.45) is 0. The lowest BCUT2D eigenvalue weighted by Crippen LogP contribution is -2.37. The van der Waals surface area contributed by atoms with Crippen LogP contribution >= 0.6 is 0 Å². The van der Waals surface area contributed by atoms with Crippen LogP contribution in [0.15, 0.2) is 30.3 Å². The van der Waals surface area contributed by atoms with Gasteiger partial charge in [-0.05, 0) is 24.0 Å². The van der Waals surface area contributed by atoms with Crippen LogP contribution in [0.4, 0.5) is 17.5 Å². The van der Waals surface area contributed by atoms with E-state index in [1.165, 1.54) is 5.56 Å². The summed E-state index contributed by atoms with van der Waals surface area (Å²) in [5.74, 6) is 1.61. The molecule has 0 atom stereocenters. The van der Waals surface area contributed by atoms with Gasteiger partial charge in [-0.1, -0.05) is 39.0 Å². The van der Waals surface area contributed by atoms with Crippen LogP contribution in [0.1, 0.15) is 32.0 Å². The Morgan fingerprint density at radius 3 is 2.50 bits per heavy atom. The van der Waals surface area contributed by atoms with Crippen LogP contribution in [0.25, 0.3) is 0 Å². The highest BCUT2D eigenvalue weighted by atomic mass is 16.5. The molecular weight excluding hydrogens is 300 g/mol. The van der Waals surface area contributed by atoms with Crippen molar-refractivity contribution >= 4 is 17.5 Å². The zero-order valence-corrected chi connectivity index (χ0v) is 15.0. The van der Waals surface area contributed by atoms with Crippen LogP contribution in [-0.2, 0) is 10.2 Å². The molecule has 24 heavy (non-hydrogen) atoms. The molecule has 1 aliphatic heterocycles. The molecule has 0 radical (unpaired) electrons. The molecule has 5 heteroatoms. The van der Waals surface area contributed by atoms with Crippen LogP contribution in [0, 0.1) is 6.92 Å². The summed E-state index contributed by atoms with van der Waals surface area (Å²) in [6.45, 7) is 11.8. The van der Waals surface area contributed by atoms with Gasteiger partial charge in [0.2, 0.25) is 5.95 Å². The van der Waals surface area contributed by atoms with Crippen molar-refractivity contribution in [1.82, 2.24) is 9.97 Å². The van der Waals surface area contributed by atoms with Gasteiger partial charge in [0.15, 0.2) is 0 Å². The normalized spacial score (nSPS) is 15.4. The Morgan fingerprint density at radius 2 is 1.79 bits per heavy atom. The molecule has 0 bridgehead atoms. The first-order valence-electron chi connectivity index (χ1n) is 8.48. The molecule has 3 rings (SSSR count). The van der Waals surface area contributed by atoms with E-state index in [1.54, 1.807) is 0 Å². The van der Waals surface area contributed by atoms with E-state index < -0.39 is 0 Å². The zero-order valence-electron chi connectivity index (χ0n) is 15.0. The van der Waals surface area contributed by atoms with Crippen LogP contribution in [0.3, 0.4) is 0 Å². The number of ether oxygens (including phenoxy) is 1. The van der Waals surface area contributed by atoms with Gasteiger partial charge in [-0.15, -0.1) is 0 Å². The van der Waals surface area contributed by atoms with Gasteiger partial charge in [0, 0.05) is 30.5 Å². The molecule has 2 heterocycles. The molecule has 1 aromatic carbocycles. The number of benzene rings is 1. The minimum absolute atomic E-state index is 0.0682. The Hall–Kier alpha value is -2.14. The molecule has 2 aromatic rings. The van der Waals surface area contributed by atoms with Gasteiger partial charge in [-0.2, -0.15) is 4.98 Å². The number of nitrogens with one attached hydrogen (secondary N) is 1. The average Bonchev–Trinajstić information content (AvgIpc) is 2.55. The highest BCUT2D eigenvalue weighted by molar-refractivity contribution is 5.63. The van der Waals surface area contributed by atoms with Crippen LogP contribution in [0.5, 0.6) is 0 Å². The quantitative estimate of drug-likeness (QED) is 0.933. The van der Waals surface area contributed by atoms with E-state index in [4.69, 9.17) is 9.72 Å². The Kier molecular flexibility index (Phi) is 4.71. The monoisotopic (exact) mass is 326 g/mol. The molecule has 1 N–H and O–H groups in total. The number of rotatable bonds is 3. The van der Waals surface area contributed by atoms with E-state index in [9.17, 15) is 0 Å². The Labute approximate surface area is 144 Å². The summed E-state index contributed by atoms with van der Waals surface area (Å²) >= 11 is 0. The van der Waals surface area contributed by atoms with Crippen molar-refractivity contribution in [2.75, 3.05) is 36.5 Å². The van der Waals surface area contributed by atoms with Crippen molar-refractivity contribution in [3.63, 3.8) is 0 Å². The van der Waals surface area contributed by atoms with Gasteiger partial charge < -0.3 is 15.0 Å². The molecule has 1 aliphatic rings. The number of aryl methyl sites for hydroxylation is 1. The molecular formula is C19H26N4O. The minimum Gasteiger partial charge on any atom is -0.378 e. The van der Waals surface area contributed by atoms with Crippen molar-refractivity contribution in [2.24, 2.45) is 0 Å². The molecule has 128 valence electrons. The Balaban J connectivity index is 1.90.